The van der Waals surface area contributed by atoms with Crippen LogP contribution in [0.15, 0.2) is 47.3 Å². The van der Waals surface area contributed by atoms with Crippen molar-refractivity contribution in [2.45, 2.75) is 39.0 Å². The Morgan fingerprint density at radius 2 is 1.74 bits per heavy atom. The Labute approximate surface area is 187 Å². The summed E-state index contributed by atoms with van der Waals surface area (Å²) < 4.78 is 3.12. The van der Waals surface area contributed by atoms with Crippen molar-refractivity contribution in [2.75, 3.05) is 13.1 Å². The Balaban J connectivity index is 0.00000272. The van der Waals surface area contributed by atoms with Crippen LogP contribution in [0.5, 0.6) is 0 Å². The van der Waals surface area contributed by atoms with Gasteiger partial charge in [0.25, 0.3) is 0 Å². The molecular weight excluding hydrogens is 416 g/mol. The van der Waals surface area contributed by atoms with Crippen LogP contribution >= 0.6 is 12.4 Å². The second-order valence-electron chi connectivity index (χ2n) is 7.56. The normalized spacial score (nSPS) is 13.2. The Morgan fingerprint density at radius 3 is 2.42 bits per heavy atom. The van der Waals surface area contributed by atoms with Crippen LogP contribution in [0.25, 0.3) is 11.4 Å². The van der Waals surface area contributed by atoms with Crippen molar-refractivity contribution in [3.63, 3.8) is 0 Å². The molecule has 8 heteroatoms. The number of carboxylic acid groups (broad SMARTS) is 1. The molecule has 0 spiro atoms. The number of aromatic nitrogens is 3. The van der Waals surface area contributed by atoms with Gasteiger partial charge >= 0.3 is 11.7 Å². The highest BCUT2D eigenvalue weighted by Gasteiger charge is 2.17. The Kier molecular flexibility index (Phi) is 7.30. The van der Waals surface area contributed by atoms with E-state index in [4.69, 9.17) is 5.11 Å². The third-order valence-corrected chi connectivity index (χ3v) is 5.56. The predicted molar refractivity (Wildman–Crippen MR) is 122 cm³/mol. The molecule has 0 amide bonds. The van der Waals surface area contributed by atoms with Crippen LogP contribution in [0.2, 0.25) is 0 Å². The highest BCUT2D eigenvalue weighted by atomic mass is 35.5. The first-order chi connectivity index (χ1) is 14.6. The molecule has 2 N–H and O–H groups in total. The van der Waals surface area contributed by atoms with Gasteiger partial charge in [0.15, 0.2) is 0 Å². The molecule has 164 valence electrons. The van der Waals surface area contributed by atoms with E-state index in [1.165, 1.54) is 15.8 Å². The molecule has 4 rings (SSSR count). The fraction of sp³-hybridized carbons (Fsp3) is 0.348. The van der Waals surface area contributed by atoms with Gasteiger partial charge in [-0.05, 0) is 73.3 Å². The van der Waals surface area contributed by atoms with E-state index in [0.29, 0.717) is 18.7 Å². The van der Waals surface area contributed by atoms with Gasteiger partial charge in [0.1, 0.15) is 5.82 Å². The molecular formula is C23H27ClN4O3. The number of carboxylic acids is 1. The zero-order valence-corrected chi connectivity index (χ0v) is 18.3. The highest BCUT2D eigenvalue weighted by molar-refractivity contribution is 5.85. The third kappa shape index (κ3) is 4.89. The van der Waals surface area contributed by atoms with Gasteiger partial charge in [0, 0.05) is 12.8 Å². The zero-order chi connectivity index (χ0) is 21.1. The number of halogens is 1. The van der Waals surface area contributed by atoms with Crippen LogP contribution in [0.3, 0.4) is 0 Å². The van der Waals surface area contributed by atoms with E-state index < -0.39 is 5.97 Å². The minimum atomic E-state index is -0.818. The summed E-state index contributed by atoms with van der Waals surface area (Å²) in [5, 5.41) is 16.9. The van der Waals surface area contributed by atoms with Crippen molar-refractivity contribution in [2.24, 2.45) is 0 Å². The van der Waals surface area contributed by atoms with Gasteiger partial charge in [-0.15, -0.1) is 17.5 Å². The van der Waals surface area contributed by atoms with Gasteiger partial charge in [-0.25, -0.2) is 9.36 Å². The number of nitrogens with one attached hydrogen (secondary N) is 1. The van der Waals surface area contributed by atoms with Crippen LogP contribution in [-0.2, 0) is 30.5 Å². The van der Waals surface area contributed by atoms with Crippen LogP contribution < -0.4 is 11.0 Å². The Morgan fingerprint density at radius 1 is 1.06 bits per heavy atom. The van der Waals surface area contributed by atoms with Gasteiger partial charge in [-0.2, -0.15) is 4.68 Å². The standard InChI is InChI=1S/C23H26N4O3.ClH/c1-2-21-25-27(20-9-6-17-11-13-24-14-12-18(17)15-20)23(30)26(21)19-7-3-16(4-8-19)5-10-22(28)29;/h3-4,6-9,15,24H,2,5,10-14H2,1H3,(H,28,29);1H. The topological polar surface area (TPSA) is 89.2 Å². The van der Waals surface area contributed by atoms with Crippen molar-refractivity contribution in [3.05, 3.63) is 75.5 Å². The van der Waals surface area contributed by atoms with E-state index in [1.807, 2.05) is 37.3 Å². The monoisotopic (exact) mass is 442 g/mol. The van der Waals surface area contributed by atoms with E-state index in [0.717, 1.165) is 42.9 Å². The van der Waals surface area contributed by atoms with E-state index in [-0.39, 0.29) is 24.5 Å². The van der Waals surface area contributed by atoms with Crippen molar-refractivity contribution in [1.82, 2.24) is 19.7 Å². The van der Waals surface area contributed by atoms with E-state index >= 15 is 0 Å². The zero-order valence-electron chi connectivity index (χ0n) is 17.5. The van der Waals surface area contributed by atoms with Gasteiger partial charge < -0.3 is 10.4 Å². The molecule has 0 aliphatic carbocycles. The highest BCUT2D eigenvalue weighted by Crippen LogP contribution is 2.18. The maximum absolute atomic E-state index is 13.3. The number of aryl methyl sites for hydroxylation is 2. The number of nitrogens with zero attached hydrogens (tertiary/aromatic N) is 3. The molecule has 1 aliphatic heterocycles. The molecule has 1 aromatic heterocycles. The lowest BCUT2D eigenvalue weighted by Crippen LogP contribution is -2.23. The number of rotatable bonds is 6. The van der Waals surface area contributed by atoms with Crippen LogP contribution in [0.1, 0.15) is 35.9 Å². The second kappa shape index (κ2) is 9.94. The third-order valence-electron chi connectivity index (χ3n) is 5.56. The summed E-state index contributed by atoms with van der Waals surface area (Å²) >= 11 is 0. The van der Waals surface area contributed by atoms with E-state index in [2.05, 4.69) is 22.5 Å². The first-order valence-electron chi connectivity index (χ1n) is 10.4. The van der Waals surface area contributed by atoms with Crippen LogP contribution in [-0.4, -0.2) is 38.5 Å². The molecule has 31 heavy (non-hydrogen) atoms. The summed E-state index contributed by atoms with van der Waals surface area (Å²) in [6.45, 7) is 3.89. The molecule has 0 saturated heterocycles. The van der Waals surface area contributed by atoms with Gasteiger partial charge in [0.2, 0.25) is 0 Å². The Bertz CT molecular complexity index is 1120. The van der Waals surface area contributed by atoms with E-state index in [9.17, 15) is 9.59 Å². The fourth-order valence-electron chi connectivity index (χ4n) is 3.92. The number of benzene rings is 2. The number of carbonyl (C=O) groups is 1. The molecule has 1 aliphatic rings. The predicted octanol–water partition coefficient (Wildman–Crippen LogP) is 2.71. The van der Waals surface area contributed by atoms with Crippen molar-refractivity contribution >= 4 is 18.4 Å². The van der Waals surface area contributed by atoms with Gasteiger partial charge in [-0.3, -0.25) is 4.79 Å². The summed E-state index contributed by atoms with van der Waals surface area (Å²) in [6.07, 6.45) is 3.11. The average molecular weight is 443 g/mol. The average Bonchev–Trinajstić information content (AvgIpc) is 2.92. The number of fused-ring (bicyclic) bond motifs is 1. The minimum absolute atomic E-state index is 0. The lowest BCUT2D eigenvalue weighted by molar-refractivity contribution is -0.136. The lowest BCUT2D eigenvalue weighted by atomic mass is 10.0. The first-order valence-corrected chi connectivity index (χ1v) is 10.4. The summed E-state index contributed by atoms with van der Waals surface area (Å²) in [7, 11) is 0. The smallest absolute Gasteiger partial charge is 0.355 e. The van der Waals surface area contributed by atoms with Gasteiger partial charge in [0.05, 0.1) is 11.4 Å². The summed E-state index contributed by atoms with van der Waals surface area (Å²) in [6, 6.07) is 13.6. The number of aliphatic carboxylic acids is 1. The maximum Gasteiger partial charge on any atom is 0.355 e. The number of hydrogen-bond donors (Lipinski definition) is 2. The molecule has 0 unspecified atom stereocenters. The largest absolute Gasteiger partial charge is 0.481 e. The molecule has 2 heterocycles. The summed E-state index contributed by atoms with van der Waals surface area (Å²) in [4.78, 5) is 24.0. The quantitative estimate of drug-likeness (QED) is 0.612. The maximum atomic E-state index is 13.3. The fourth-order valence-corrected chi connectivity index (χ4v) is 3.92. The minimum Gasteiger partial charge on any atom is -0.481 e. The molecule has 7 nitrogen and oxygen atoms in total. The van der Waals surface area contributed by atoms with Gasteiger partial charge in [-0.1, -0.05) is 25.1 Å². The molecule has 2 aromatic carbocycles. The first kappa shape index (κ1) is 22.8. The van der Waals surface area contributed by atoms with Crippen molar-refractivity contribution in [3.8, 4) is 11.4 Å². The SMILES string of the molecule is CCc1nn(-c2ccc3c(c2)CCNCC3)c(=O)n1-c1ccc(CCC(=O)O)cc1.Cl. The van der Waals surface area contributed by atoms with Crippen LogP contribution in [0, 0.1) is 0 Å². The molecule has 0 atom stereocenters. The second-order valence-corrected chi connectivity index (χ2v) is 7.56. The summed E-state index contributed by atoms with van der Waals surface area (Å²) in [5.41, 5.74) is 4.84. The van der Waals surface area contributed by atoms with Crippen molar-refractivity contribution in [1.29, 1.82) is 0 Å². The van der Waals surface area contributed by atoms with E-state index in [1.54, 1.807) is 4.57 Å². The van der Waals surface area contributed by atoms with Crippen LogP contribution in [0.4, 0.5) is 0 Å². The molecule has 0 radical (unpaired) electrons. The lowest BCUT2D eigenvalue weighted by Gasteiger charge is -2.08. The molecule has 3 aromatic rings. The Hall–Kier alpha value is -2.90. The summed E-state index contributed by atoms with van der Waals surface area (Å²) in [5.74, 6) is -0.128. The van der Waals surface area contributed by atoms with Crippen molar-refractivity contribution < 1.29 is 9.90 Å². The number of hydrogen-bond acceptors (Lipinski definition) is 4. The molecule has 0 fully saturated rings. The molecule has 0 bridgehead atoms. The molecule has 0 saturated carbocycles.